The highest BCUT2D eigenvalue weighted by Gasteiger charge is 2.17. The SMILES string of the molecule is CC(=O)NCc1ccc(CN2CCN(c3ccc(F)cc3)CC2)cc1N. The Morgan fingerprint density at radius 3 is 2.42 bits per heavy atom. The van der Waals surface area contributed by atoms with Crippen LogP contribution in [0, 0.1) is 5.82 Å². The molecule has 5 nitrogen and oxygen atoms in total. The first-order valence-electron chi connectivity index (χ1n) is 8.86. The first-order valence-corrected chi connectivity index (χ1v) is 8.86. The van der Waals surface area contributed by atoms with E-state index in [4.69, 9.17) is 5.73 Å². The predicted octanol–water partition coefficient (Wildman–Crippen LogP) is 2.37. The van der Waals surface area contributed by atoms with Crippen LogP contribution in [0.1, 0.15) is 18.1 Å². The normalized spacial score (nSPS) is 15.1. The zero-order valence-corrected chi connectivity index (χ0v) is 15.0. The minimum Gasteiger partial charge on any atom is -0.398 e. The number of nitrogens with zero attached hydrogens (tertiary/aromatic N) is 2. The molecular formula is C20H25FN4O. The maximum Gasteiger partial charge on any atom is 0.217 e. The van der Waals surface area contributed by atoms with E-state index in [-0.39, 0.29) is 11.7 Å². The number of hydrogen-bond donors (Lipinski definition) is 2. The molecule has 1 fully saturated rings. The molecular weight excluding hydrogens is 331 g/mol. The molecule has 0 atom stereocenters. The van der Waals surface area contributed by atoms with Gasteiger partial charge in [0.1, 0.15) is 5.82 Å². The van der Waals surface area contributed by atoms with Gasteiger partial charge in [-0.25, -0.2) is 4.39 Å². The number of rotatable bonds is 5. The second-order valence-corrected chi connectivity index (χ2v) is 6.68. The number of carbonyl (C=O) groups excluding carboxylic acids is 1. The summed E-state index contributed by atoms with van der Waals surface area (Å²) in [5.74, 6) is -0.264. The van der Waals surface area contributed by atoms with Crippen LogP contribution in [0.25, 0.3) is 0 Å². The molecule has 1 heterocycles. The molecule has 3 rings (SSSR count). The van der Waals surface area contributed by atoms with E-state index in [2.05, 4.69) is 21.2 Å². The quantitative estimate of drug-likeness (QED) is 0.808. The van der Waals surface area contributed by atoms with Crippen LogP contribution in [0.15, 0.2) is 42.5 Å². The molecule has 2 aromatic rings. The van der Waals surface area contributed by atoms with E-state index in [9.17, 15) is 9.18 Å². The average Bonchev–Trinajstić information content (AvgIpc) is 2.62. The molecule has 1 aliphatic rings. The molecule has 0 aliphatic carbocycles. The van der Waals surface area contributed by atoms with Crippen LogP contribution in [0.4, 0.5) is 15.8 Å². The lowest BCUT2D eigenvalue weighted by Crippen LogP contribution is -2.45. The summed E-state index contributed by atoms with van der Waals surface area (Å²) in [5.41, 5.74) is 10.00. The standard InChI is InChI=1S/C20H25FN4O/c1-15(26)23-13-17-3-2-16(12-20(17)22)14-24-8-10-25(11-9-24)19-6-4-18(21)5-7-19/h2-7,12H,8-11,13-14,22H2,1H3,(H,23,26). The second kappa shape index (κ2) is 8.19. The molecule has 1 saturated heterocycles. The lowest BCUT2D eigenvalue weighted by molar-refractivity contribution is -0.119. The smallest absolute Gasteiger partial charge is 0.217 e. The molecule has 6 heteroatoms. The number of hydrogen-bond acceptors (Lipinski definition) is 4. The number of benzene rings is 2. The van der Waals surface area contributed by atoms with Crippen molar-refractivity contribution in [3.63, 3.8) is 0 Å². The number of halogens is 1. The lowest BCUT2D eigenvalue weighted by Gasteiger charge is -2.36. The fourth-order valence-electron chi connectivity index (χ4n) is 3.20. The highest BCUT2D eigenvalue weighted by molar-refractivity contribution is 5.73. The monoisotopic (exact) mass is 356 g/mol. The van der Waals surface area contributed by atoms with Crippen molar-refractivity contribution < 1.29 is 9.18 Å². The van der Waals surface area contributed by atoms with Crippen molar-refractivity contribution in [2.75, 3.05) is 36.8 Å². The van der Waals surface area contributed by atoms with Gasteiger partial charge in [-0.3, -0.25) is 9.69 Å². The summed E-state index contributed by atoms with van der Waals surface area (Å²) in [7, 11) is 0. The van der Waals surface area contributed by atoms with E-state index < -0.39 is 0 Å². The van der Waals surface area contributed by atoms with Crippen LogP contribution < -0.4 is 16.0 Å². The topological polar surface area (TPSA) is 61.6 Å². The van der Waals surface area contributed by atoms with Crippen molar-refractivity contribution in [2.24, 2.45) is 0 Å². The lowest BCUT2D eigenvalue weighted by atomic mass is 10.1. The molecule has 3 N–H and O–H groups in total. The molecule has 0 radical (unpaired) electrons. The summed E-state index contributed by atoms with van der Waals surface area (Å²) in [5, 5.41) is 2.77. The molecule has 0 unspecified atom stereocenters. The number of nitrogen functional groups attached to an aromatic ring is 1. The van der Waals surface area contributed by atoms with Crippen LogP contribution in [0.5, 0.6) is 0 Å². The number of nitrogens with one attached hydrogen (secondary N) is 1. The van der Waals surface area contributed by atoms with E-state index in [1.807, 2.05) is 24.3 Å². The predicted molar refractivity (Wildman–Crippen MR) is 102 cm³/mol. The van der Waals surface area contributed by atoms with Crippen molar-refractivity contribution in [1.29, 1.82) is 0 Å². The summed E-state index contributed by atoms with van der Waals surface area (Å²) >= 11 is 0. The zero-order chi connectivity index (χ0) is 18.5. The fraction of sp³-hybridized carbons (Fsp3) is 0.350. The third-order valence-electron chi connectivity index (χ3n) is 4.71. The minimum atomic E-state index is -0.202. The average molecular weight is 356 g/mol. The maximum absolute atomic E-state index is 13.0. The van der Waals surface area contributed by atoms with Crippen LogP contribution in [0.3, 0.4) is 0 Å². The first-order chi connectivity index (χ1) is 12.5. The van der Waals surface area contributed by atoms with Crippen LogP contribution in [-0.2, 0) is 17.9 Å². The molecule has 1 aliphatic heterocycles. The Bertz CT molecular complexity index is 755. The maximum atomic E-state index is 13.0. The molecule has 2 aromatic carbocycles. The van der Waals surface area contributed by atoms with Crippen molar-refractivity contribution in [3.8, 4) is 0 Å². The highest BCUT2D eigenvalue weighted by Crippen LogP contribution is 2.19. The fourth-order valence-corrected chi connectivity index (χ4v) is 3.20. The van der Waals surface area contributed by atoms with Gasteiger partial charge in [0.2, 0.25) is 5.91 Å². The molecule has 0 saturated carbocycles. The summed E-state index contributed by atoms with van der Waals surface area (Å²) in [6, 6.07) is 12.7. The van der Waals surface area contributed by atoms with Gasteiger partial charge in [0.15, 0.2) is 0 Å². The third-order valence-corrected chi connectivity index (χ3v) is 4.71. The van der Waals surface area contributed by atoms with Gasteiger partial charge in [-0.2, -0.15) is 0 Å². The second-order valence-electron chi connectivity index (χ2n) is 6.68. The Kier molecular flexibility index (Phi) is 5.73. The van der Waals surface area contributed by atoms with Crippen molar-refractivity contribution in [1.82, 2.24) is 10.2 Å². The molecule has 26 heavy (non-hydrogen) atoms. The van der Waals surface area contributed by atoms with Gasteiger partial charge >= 0.3 is 0 Å². The van der Waals surface area contributed by atoms with E-state index >= 15 is 0 Å². The summed E-state index contributed by atoms with van der Waals surface area (Å²) in [4.78, 5) is 15.7. The van der Waals surface area contributed by atoms with Crippen molar-refractivity contribution >= 4 is 17.3 Å². The summed E-state index contributed by atoms with van der Waals surface area (Å²) in [6.07, 6.45) is 0. The van der Waals surface area contributed by atoms with Gasteiger partial charge in [0.05, 0.1) is 0 Å². The van der Waals surface area contributed by atoms with Gasteiger partial charge in [-0.05, 0) is 41.5 Å². The Morgan fingerprint density at radius 2 is 1.81 bits per heavy atom. The molecule has 0 bridgehead atoms. The van der Waals surface area contributed by atoms with Crippen LogP contribution in [0.2, 0.25) is 0 Å². The summed E-state index contributed by atoms with van der Waals surface area (Å²) < 4.78 is 13.0. The Morgan fingerprint density at radius 1 is 1.12 bits per heavy atom. The van der Waals surface area contributed by atoms with E-state index in [1.54, 1.807) is 0 Å². The van der Waals surface area contributed by atoms with Crippen LogP contribution >= 0.6 is 0 Å². The first kappa shape index (κ1) is 18.2. The Hall–Kier alpha value is -2.60. The van der Waals surface area contributed by atoms with E-state index in [0.29, 0.717) is 12.2 Å². The van der Waals surface area contributed by atoms with Crippen molar-refractivity contribution in [2.45, 2.75) is 20.0 Å². The van der Waals surface area contributed by atoms with Gasteiger partial charge in [-0.1, -0.05) is 12.1 Å². The molecule has 138 valence electrons. The van der Waals surface area contributed by atoms with Gasteiger partial charge in [-0.15, -0.1) is 0 Å². The molecule has 0 spiro atoms. The zero-order valence-electron chi connectivity index (χ0n) is 15.0. The Balaban J connectivity index is 1.53. The van der Waals surface area contributed by atoms with Crippen molar-refractivity contribution in [3.05, 3.63) is 59.4 Å². The molecule has 1 amide bonds. The number of carbonyl (C=O) groups is 1. The number of amides is 1. The van der Waals surface area contributed by atoms with Gasteiger partial charge in [0.25, 0.3) is 0 Å². The van der Waals surface area contributed by atoms with Crippen LogP contribution in [-0.4, -0.2) is 37.0 Å². The van der Waals surface area contributed by atoms with E-state index in [1.165, 1.54) is 24.6 Å². The van der Waals surface area contributed by atoms with E-state index in [0.717, 1.165) is 44.0 Å². The minimum absolute atomic E-state index is 0.0625. The molecule has 0 aromatic heterocycles. The largest absolute Gasteiger partial charge is 0.398 e. The van der Waals surface area contributed by atoms with Gasteiger partial charge < -0.3 is 16.0 Å². The highest BCUT2D eigenvalue weighted by atomic mass is 19.1. The number of piperazine rings is 1. The Labute approximate surface area is 153 Å². The number of nitrogens with two attached hydrogens (primary N) is 1. The number of anilines is 2. The van der Waals surface area contributed by atoms with Gasteiger partial charge in [0, 0.05) is 57.6 Å². The summed E-state index contributed by atoms with van der Waals surface area (Å²) in [6.45, 7) is 6.54. The third kappa shape index (κ3) is 4.73.